The van der Waals surface area contributed by atoms with Crippen molar-refractivity contribution in [3.05, 3.63) is 83.0 Å². The van der Waals surface area contributed by atoms with Gasteiger partial charge in [0.2, 0.25) is 0 Å². The van der Waals surface area contributed by atoms with Gasteiger partial charge in [-0.2, -0.15) is 0 Å². The zero-order chi connectivity index (χ0) is 20.1. The summed E-state index contributed by atoms with van der Waals surface area (Å²) in [6, 6.07) is 16.8. The van der Waals surface area contributed by atoms with E-state index in [0.717, 1.165) is 42.3 Å². The molecule has 1 N–H and O–H groups in total. The highest BCUT2D eigenvalue weighted by molar-refractivity contribution is 5.28. The van der Waals surface area contributed by atoms with Gasteiger partial charge in [0.25, 0.3) is 0 Å². The summed E-state index contributed by atoms with van der Waals surface area (Å²) in [5, 5.41) is 7.54. The Morgan fingerprint density at radius 3 is 2.72 bits per heavy atom. The van der Waals surface area contributed by atoms with E-state index in [4.69, 9.17) is 14.0 Å². The SMILES string of the molecule is Cc1cc(C[C@@H]2COC[C@H]2NCc2ccc(OCc3ccccc3F)cc2)on1. The van der Waals surface area contributed by atoms with E-state index in [1.807, 2.05) is 37.3 Å². The fraction of sp³-hybridized carbons (Fsp3) is 0.348. The van der Waals surface area contributed by atoms with Gasteiger partial charge in [0.05, 0.1) is 18.9 Å². The van der Waals surface area contributed by atoms with Crippen LogP contribution in [-0.4, -0.2) is 24.4 Å². The van der Waals surface area contributed by atoms with Gasteiger partial charge in [-0.05, 0) is 30.7 Å². The monoisotopic (exact) mass is 396 g/mol. The van der Waals surface area contributed by atoms with Gasteiger partial charge in [-0.25, -0.2) is 4.39 Å². The summed E-state index contributed by atoms with van der Waals surface area (Å²) >= 11 is 0. The molecule has 5 nitrogen and oxygen atoms in total. The molecule has 1 aliphatic rings. The quantitative estimate of drug-likeness (QED) is 0.623. The lowest BCUT2D eigenvalue weighted by molar-refractivity contribution is 0.181. The highest BCUT2D eigenvalue weighted by Crippen LogP contribution is 2.21. The van der Waals surface area contributed by atoms with Crippen LogP contribution in [-0.2, 0) is 24.3 Å². The summed E-state index contributed by atoms with van der Waals surface area (Å²) in [6.07, 6.45) is 0.821. The van der Waals surface area contributed by atoms with E-state index in [1.165, 1.54) is 6.07 Å². The third kappa shape index (κ3) is 5.22. The van der Waals surface area contributed by atoms with Crippen LogP contribution >= 0.6 is 0 Å². The van der Waals surface area contributed by atoms with E-state index < -0.39 is 0 Å². The van der Waals surface area contributed by atoms with Crippen molar-refractivity contribution in [1.29, 1.82) is 0 Å². The van der Waals surface area contributed by atoms with E-state index in [0.29, 0.717) is 18.1 Å². The summed E-state index contributed by atoms with van der Waals surface area (Å²) in [5.74, 6) is 1.74. The van der Waals surface area contributed by atoms with Crippen molar-refractivity contribution in [3.8, 4) is 5.75 Å². The van der Waals surface area contributed by atoms with Crippen LogP contribution in [0.15, 0.2) is 59.1 Å². The van der Waals surface area contributed by atoms with Crippen molar-refractivity contribution in [2.45, 2.75) is 32.5 Å². The summed E-state index contributed by atoms with van der Waals surface area (Å²) in [6.45, 7) is 4.31. The Morgan fingerprint density at radius 2 is 1.97 bits per heavy atom. The Labute approximate surface area is 169 Å². The highest BCUT2D eigenvalue weighted by atomic mass is 19.1. The van der Waals surface area contributed by atoms with Gasteiger partial charge in [-0.1, -0.05) is 35.5 Å². The number of aryl methyl sites for hydroxylation is 1. The number of hydrogen-bond donors (Lipinski definition) is 1. The maximum absolute atomic E-state index is 13.7. The van der Waals surface area contributed by atoms with Crippen LogP contribution in [0.25, 0.3) is 0 Å². The lowest BCUT2D eigenvalue weighted by atomic mass is 9.98. The molecule has 0 radical (unpaired) electrons. The molecule has 2 aromatic carbocycles. The number of halogens is 1. The van der Waals surface area contributed by atoms with Gasteiger partial charge in [0, 0.05) is 36.6 Å². The highest BCUT2D eigenvalue weighted by Gasteiger charge is 2.29. The van der Waals surface area contributed by atoms with Gasteiger partial charge < -0.3 is 19.3 Å². The molecule has 1 aromatic heterocycles. The summed E-state index contributed by atoms with van der Waals surface area (Å²) in [7, 11) is 0. The standard InChI is InChI=1S/C23H25FN2O3/c1-16-10-21(29-26-16)11-19-13-27-15-23(19)25-12-17-6-8-20(9-7-17)28-14-18-4-2-3-5-22(18)24/h2-10,19,23,25H,11-15H2,1H3/t19-,23-/m1/s1. The maximum atomic E-state index is 13.7. The smallest absolute Gasteiger partial charge is 0.137 e. The molecular formula is C23H25FN2O3. The first-order valence-electron chi connectivity index (χ1n) is 9.86. The molecule has 0 saturated carbocycles. The van der Waals surface area contributed by atoms with Crippen molar-refractivity contribution in [3.63, 3.8) is 0 Å². The average Bonchev–Trinajstić information content (AvgIpc) is 3.35. The van der Waals surface area contributed by atoms with E-state index >= 15 is 0 Å². The first-order valence-corrected chi connectivity index (χ1v) is 9.86. The Hall–Kier alpha value is -2.70. The Kier molecular flexibility index (Phi) is 6.22. The molecule has 29 heavy (non-hydrogen) atoms. The fourth-order valence-electron chi connectivity index (χ4n) is 3.53. The molecule has 0 amide bonds. The van der Waals surface area contributed by atoms with Crippen molar-refractivity contribution in [1.82, 2.24) is 10.5 Å². The van der Waals surface area contributed by atoms with Gasteiger partial charge in [0.15, 0.2) is 0 Å². The van der Waals surface area contributed by atoms with Crippen molar-refractivity contribution < 1.29 is 18.4 Å². The second-order valence-electron chi connectivity index (χ2n) is 7.45. The van der Waals surface area contributed by atoms with Gasteiger partial charge in [-0.3, -0.25) is 0 Å². The van der Waals surface area contributed by atoms with Crippen LogP contribution in [0.1, 0.15) is 22.6 Å². The Bertz CT molecular complexity index is 926. The van der Waals surface area contributed by atoms with Crippen LogP contribution in [0.4, 0.5) is 4.39 Å². The number of hydrogen-bond acceptors (Lipinski definition) is 5. The van der Waals surface area contributed by atoms with Crippen molar-refractivity contribution in [2.75, 3.05) is 13.2 Å². The molecule has 0 spiro atoms. The predicted molar refractivity (Wildman–Crippen MR) is 107 cm³/mol. The molecule has 1 aliphatic heterocycles. The molecule has 4 rings (SSSR count). The number of aromatic nitrogens is 1. The minimum absolute atomic E-state index is 0.215. The van der Waals surface area contributed by atoms with Crippen molar-refractivity contribution in [2.24, 2.45) is 5.92 Å². The van der Waals surface area contributed by atoms with Crippen LogP contribution < -0.4 is 10.1 Å². The number of rotatable bonds is 8. The first kappa shape index (κ1) is 19.6. The fourth-order valence-corrected chi connectivity index (χ4v) is 3.53. The number of nitrogens with zero attached hydrogens (tertiary/aromatic N) is 1. The van der Waals surface area contributed by atoms with Gasteiger partial charge in [0.1, 0.15) is 23.9 Å². The van der Waals surface area contributed by atoms with Crippen LogP contribution in [0.5, 0.6) is 5.75 Å². The zero-order valence-electron chi connectivity index (χ0n) is 16.4. The summed E-state index contributed by atoms with van der Waals surface area (Å²) in [4.78, 5) is 0. The summed E-state index contributed by atoms with van der Waals surface area (Å²) < 4.78 is 30.4. The predicted octanol–water partition coefficient (Wildman–Crippen LogP) is 4.05. The molecule has 0 aliphatic carbocycles. The summed E-state index contributed by atoms with van der Waals surface area (Å²) in [5.41, 5.74) is 2.61. The molecule has 6 heteroatoms. The van der Waals surface area contributed by atoms with Gasteiger partial charge >= 0.3 is 0 Å². The first-order chi connectivity index (χ1) is 14.2. The second kappa shape index (κ2) is 9.20. The number of benzene rings is 2. The second-order valence-corrected chi connectivity index (χ2v) is 7.45. The van der Waals surface area contributed by atoms with E-state index in [2.05, 4.69) is 10.5 Å². The normalized spacial score (nSPS) is 18.8. The van der Waals surface area contributed by atoms with E-state index in [9.17, 15) is 4.39 Å². The molecule has 1 fully saturated rings. The van der Waals surface area contributed by atoms with Gasteiger partial charge in [-0.15, -0.1) is 0 Å². The Balaban J connectivity index is 1.27. The molecule has 152 valence electrons. The zero-order valence-corrected chi connectivity index (χ0v) is 16.4. The minimum atomic E-state index is -0.248. The van der Waals surface area contributed by atoms with Crippen LogP contribution in [0.3, 0.4) is 0 Å². The molecule has 0 bridgehead atoms. The average molecular weight is 396 g/mol. The number of ether oxygens (including phenoxy) is 2. The third-order valence-corrected chi connectivity index (χ3v) is 5.18. The largest absolute Gasteiger partial charge is 0.489 e. The lowest BCUT2D eigenvalue weighted by Crippen LogP contribution is -2.36. The number of nitrogens with one attached hydrogen (secondary N) is 1. The molecule has 1 saturated heterocycles. The third-order valence-electron chi connectivity index (χ3n) is 5.18. The van der Waals surface area contributed by atoms with Crippen LogP contribution in [0.2, 0.25) is 0 Å². The van der Waals surface area contributed by atoms with E-state index in [-0.39, 0.29) is 18.5 Å². The molecule has 3 aromatic rings. The topological polar surface area (TPSA) is 56.5 Å². The van der Waals surface area contributed by atoms with Crippen molar-refractivity contribution >= 4 is 0 Å². The maximum Gasteiger partial charge on any atom is 0.137 e. The molecular weight excluding hydrogens is 371 g/mol. The molecule has 0 unspecified atom stereocenters. The molecule has 2 atom stereocenters. The lowest BCUT2D eigenvalue weighted by Gasteiger charge is -2.18. The minimum Gasteiger partial charge on any atom is -0.489 e. The molecule has 2 heterocycles. The van der Waals surface area contributed by atoms with Crippen LogP contribution in [0, 0.1) is 18.7 Å². The Morgan fingerprint density at radius 1 is 1.14 bits per heavy atom. The van der Waals surface area contributed by atoms with E-state index in [1.54, 1.807) is 18.2 Å².